The van der Waals surface area contributed by atoms with Gasteiger partial charge in [-0.1, -0.05) is 6.07 Å². The van der Waals surface area contributed by atoms with Crippen molar-refractivity contribution in [2.75, 3.05) is 39.2 Å². The number of methoxy groups -OCH3 is 2. The zero-order chi connectivity index (χ0) is 24.1. The van der Waals surface area contributed by atoms with Gasteiger partial charge in [-0.05, 0) is 61.2 Å². The lowest BCUT2D eigenvalue weighted by Crippen LogP contribution is -2.27. The first-order chi connectivity index (χ1) is 16.5. The SMILES string of the molecule is COc1ccc(CCNc2oc(-c3ccc(S(=O)(=O)N4CCCC4)cc3)nc2C#N)cc1OC. The van der Waals surface area contributed by atoms with Crippen LogP contribution in [-0.4, -0.2) is 51.6 Å². The molecule has 0 amide bonds. The second kappa shape index (κ2) is 10.2. The molecule has 9 nitrogen and oxygen atoms in total. The number of aromatic nitrogens is 1. The molecular weight excluding hydrogens is 456 g/mol. The highest BCUT2D eigenvalue weighted by Gasteiger charge is 2.27. The molecule has 0 saturated carbocycles. The number of ether oxygens (including phenoxy) is 2. The van der Waals surface area contributed by atoms with Gasteiger partial charge in [-0.3, -0.25) is 0 Å². The number of sulfonamides is 1. The van der Waals surface area contributed by atoms with E-state index in [1.807, 2.05) is 24.3 Å². The Bertz CT molecular complexity index is 1290. The van der Waals surface area contributed by atoms with Crippen molar-refractivity contribution in [1.82, 2.24) is 9.29 Å². The molecule has 4 rings (SSSR count). The molecule has 1 aromatic heterocycles. The maximum Gasteiger partial charge on any atom is 0.243 e. The molecule has 1 fully saturated rings. The fourth-order valence-electron chi connectivity index (χ4n) is 3.84. The van der Waals surface area contributed by atoms with Crippen LogP contribution in [0.1, 0.15) is 24.1 Å². The van der Waals surface area contributed by atoms with Gasteiger partial charge >= 0.3 is 0 Å². The minimum atomic E-state index is -3.49. The maximum atomic E-state index is 12.7. The predicted octanol–water partition coefficient (Wildman–Crippen LogP) is 3.67. The third-order valence-electron chi connectivity index (χ3n) is 5.68. The molecule has 178 valence electrons. The van der Waals surface area contributed by atoms with Gasteiger partial charge < -0.3 is 19.2 Å². The van der Waals surface area contributed by atoms with Crippen LogP contribution in [0.5, 0.6) is 11.5 Å². The van der Waals surface area contributed by atoms with Gasteiger partial charge in [0.15, 0.2) is 11.5 Å². The lowest BCUT2D eigenvalue weighted by Gasteiger charge is -2.15. The second-order valence-electron chi connectivity index (χ2n) is 7.81. The number of rotatable bonds is 9. The normalized spacial score (nSPS) is 14.0. The molecular formula is C24H26N4O5S. The molecule has 0 bridgehead atoms. The van der Waals surface area contributed by atoms with Crippen LogP contribution in [0, 0.1) is 11.3 Å². The van der Waals surface area contributed by atoms with E-state index in [0.29, 0.717) is 43.1 Å². The fourth-order valence-corrected chi connectivity index (χ4v) is 5.36. The van der Waals surface area contributed by atoms with Crippen LogP contribution in [-0.2, 0) is 16.4 Å². The molecule has 3 aromatic rings. The zero-order valence-corrected chi connectivity index (χ0v) is 19.9. The summed E-state index contributed by atoms with van der Waals surface area (Å²) in [5.74, 6) is 1.82. The van der Waals surface area contributed by atoms with E-state index in [9.17, 15) is 13.7 Å². The highest BCUT2D eigenvalue weighted by atomic mass is 32.2. The van der Waals surface area contributed by atoms with Crippen molar-refractivity contribution in [3.8, 4) is 29.0 Å². The van der Waals surface area contributed by atoms with Crippen LogP contribution >= 0.6 is 0 Å². The van der Waals surface area contributed by atoms with Crippen molar-refractivity contribution in [2.24, 2.45) is 0 Å². The molecule has 1 saturated heterocycles. The second-order valence-corrected chi connectivity index (χ2v) is 9.75. The molecule has 0 spiro atoms. The third-order valence-corrected chi connectivity index (χ3v) is 7.60. The Kier molecular flexibility index (Phi) is 7.05. The van der Waals surface area contributed by atoms with Crippen molar-refractivity contribution >= 4 is 15.9 Å². The van der Waals surface area contributed by atoms with Crippen LogP contribution in [0.3, 0.4) is 0 Å². The van der Waals surface area contributed by atoms with Crippen LogP contribution < -0.4 is 14.8 Å². The lowest BCUT2D eigenvalue weighted by atomic mass is 10.1. The Labute approximate surface area is 199 Å². The van der Waals surface area contributed by atoms with Crippen LogP contribution in [0.4, 0.5) is 5.88 Å². The number of hydrogen-bond acceptors (Lipinski definition) is 8. The van der Waals surface area contributed by atoms with Gasteiger partial charge in [0, 0.05) is 25.2 Å². The summed E-state index contributed by atoms with van der Waals surface area (Å²) in [7, 11) is -0.318. The number of nitrogens with zero attached hydrogens (tertiary/aromatic N) is 3. The summed E-state index contributed by atoms with van der Waals surface area (Å²) >= 11 is 0. The molecule has 10 heteroatoms. The number of nitrogens with one attached hydrogen (secondary N) is 1. The molecule has 1 N–H and O–H groups in total. The molecule has 0 unspecified atom stereocenters. The summed E-state index contributed by atoms with van der Waals surface area (Å²) in [6, 6.07) is 14.1. The largest absolute Gasteiger partial charge is 0.493 e. The van der Waals surface area contributed by atoms with Crippen molar-refractivity contribution in [3.63, 3.8) is 0 Å². The molecule has 1 aliphatic rings. The van der Waals surface area contributed by atoms with Crippen molar-refractivity contribution in [1.29, 1.82) is 5.26 Å². The van der Waals surface area contributed by atoms with Crippen LogP contribution in [0.25, 0.3) is 11.5 Å². The number of benzene rings is 2. The minimum Gasteiger partial charge on any atom is -0.493 e. The topological polar surface area (TPSA) is 118 Å². The van der Waals surface area contributed by atoms with Gasteiger partial charge in [-0.2, -0.15) is 14.6 Å². The molecule has 0 atom stereocenters. The number of hydrogen-bond donors (Lipinski definition) is 1. The van der Waals surface area contributed by atoms with E-state index >= 15 is 0 Å². The van der Waals surface area contributed by atoms with E-state index < -0.39 is 10.0 Å². The van der Waals surface area contributed by atoms with Gasteiger partial charge in [0.25, 0.3) is 0 Å². The van der Waals surface area contributed by atoms with Crippen LogP contribution in [0.15, 0.2) is 51.8 Å². The molecule has 2 aromatic carbocycles. The van der Waals surface area contributed by atoms with E-state index in [-0.39, 0.29) is 22.4 Å². The summed E-state index contributed by atoms with van der Waals surface area (Å²) in [6.07, 6.45) is 2.42. The maximum absolute atomic E-state index is 12.7. The zero-order valence-electron chi connectivity index (χ0n) is 19.1. The minimum absolute atomic E-state index is 0.135. The number of anilines is 1. The Morgan fingerprint density at radius 1 is 1.09 bits per heavy atom. The van der Waals surface area contributed by atoms with Gasteiger partial charge in [0.1, 0.15) is 6.07 Å². The fraction of sp³-hybridized carbons (Fsp3) is 0.333. The molecule has 0 radical (unpaired) electrons. The van der Waals surface area contributed by atoms with Crippen molar-refractivity contribution in [3.05, 3.63) is 53.7 Å². The smallest absolute Gasteiger partial charge is 0.243 e. The van der Waals surface area contributed by atoms with Crippen LogP contribution in [0.2, 0.25) is 0 Å². The third kappa shape index (κ3) is 4.85. The summed E-state index contributed by atoms with van der Waals surface area (Å²) < 4.78 is 43.3. The highest BCUT2D eigenvalue weighted by molar-refractivity contribution is 7.89. The van der Waals surface area contributed by atoms with E-state index in [1.54, 1.807) is 38.5 Å². The molecule has 0 aliphatic carbocycles. The number of nitriles is 1. The summed E-state index contributed by atoms with van der Waals surface area (Å²) in [5, 5.41) is 12.6. The summed E-state index contributed by atoms with van der Waals surface area (Å²) in [5.41, 5.74) is 1.75. The molecule has 34 heavy (non-hydrogen) atoms. The van der Waals surface area contributed by atoms with E-state index in [2.05, 4.69) is 10.3 Å². The highest BCUT2D eigenvalue weighted by Crippen LogP contribution is 2.29. The Morgan fingerprint density at radius 3 is 2.44 bits per heavy atom. The molecule has 2 heterocycles. The summed E-state index contributed by atoms with van der Waals surface area (Å²) in [4.78, 5) is 4.49. The standard InChI is InChI=1S/C24H26N4O5S/c1-31-21-10-5-17(15-22(21)32-2)11-12-26-24-20(16-25)27-23(33-24)18-6-8-19(9-7-18)34(29,30)28-13-3-4-14-28/h5-10,15,26H,3-4,11-14H2,1-2H3. The predicted molar refractivity (Wildman–Crippen MR) is 126 cm³/mol. The van der Waals surface area contributed by atoms with E-state index in [1.165, 1.54) is 4.31 Å². The van der Waals surface area contributed by atoms with E-state index in [4.69, 9.17) is 13.9 Å². The Morgan fingerprint density at radius 2 is 1.79 bits per heavy atom. The van der Waals surface area contributed by atoms with Gasteiger partial charge in [-0.15, -0.1) is 0 Å². The van der Waals surface area contributed by atoms with Crippen molar-refractivity contribution in [2.45, 2.75) is 24.2 Å². The van der Waals surface area contributed by atoms with E-state index in [0.717, 1.165) is 18.4 Å². The summed E-state index contributed by atoms with van der Waals surface area (Å²) in [6.45, 7) is 1.60. The average molecular weight is 483 g/mol. The Hall–Kier alpha value is -3.55. The quantitative estimate of drug-likeness (QED) is 0.491. The average Bonchev–Trinajstić information content (AvgIpc) is 3.55. The first kappa shape index (κ1) is 23.6. The van der Waals surface area contributed by atoms with Gasteiger partial charge in [-0.25, -0.2) is 8.42 Å². The lowest BCUT2D eigenvalue weighted by molar-refractivity contribution is 0.354. The van der Waals surface area contributed by atoms with Gasteiger partial charge in [0.2, 0.25) is 27.5 Å². The monoisotopic (exact) mass is 482 g/mol. The van der Waals surface area contributed by atoms with Crippen molar-refractivity contribution < 1.29 is 22.3 Å². The van der Waals surface area contributed by atoms with Gasteiger partial charge in [0.05, 0.1) is 19.1 Å². The Balaban J connectivity index is 1.45. The first-order valence-corrected chi connectivity index (χ1v) is 12.4. The number of oxazole rings is 1. The first-order valence-electron chi connectivity index (χ1n) is 10.9. The molecule has 1 aliphatic heterocycles.